The zero-order chi connectivity index (χ0) is 22.9. The molecule has 0 saturated carbocycles. The molecule has 1 N–H and O–H groups in total. The molecule has 33 heavy (non-hydrogen) atoms. The molecule has 0 spiro atoms. The number of hydrazine groups is 1. The molecule has 172 valence electrons. The van der Waals surface area contributed by atoms with Gasteiger partial charge in [0, 0.05) is 11.1 Å². The molecular weight excluding hydrogens is 424 g/mol. The first kappa shape index (κ1) is 21.1. The molecule has 5 rings (SSSR count). The lowest BCUT2D eigenvalue weighted by Gasteiger charge is -2.39. The summed E-state index contributed by atoms with van der Waals surface area (Å²) in [5, 5.41) is 2.04. The zero-order valence-corrected chi connectivity index (χ0v) is 19.0. The third-order valence-corrected chi connectivity index (χ3v) is 5.74. The quantitative estimate of drug-likeness (QED) is 0.555. The van der Waals surface area contributed by atoms with Crippen molar-refractivity contribution in [2.24, 2.45) is 0 Å². The Morgan fingerprint density at radius 2 is 1.76 bits per heavy atom. The van der Waals surface area contributed by atoms with Gasteiger partial charge < -0.3 is 33.5 Å². The van der Waals surface area contributed by atoms with E-state index in [4.69, 9.17) is 28.1 Å². The summed E-state index contributed by atoms with van der Waals surface area (Å²) in [6.07, 6.45) is 3.27. The van der Waals surface area contributed by atoms with E-state index >= 15 is 0 Å². The fraction of sp³-hybridized carbons (Fsp3) is 0.280. The Morgan fingerprint density at radius 3 is 2.39 bits per heavy atom. The molecule has 0 saturated heterocycles. The minimum Gasteiger partial charge on any atom is -0.493 e. The largest absolute Gasteiger partial charge is 0.493 e. The van der Waals surface area contributed by atoms with Crippen molar-refractivity contribution in [2.75, 3.05) is 27.9 Å². The molecule has 2 unspecified atom stereocenters. The summed E-state index contributed by atoms with van der Waals surface area (Å²) in [5.74, 6) is 3.78. The summed E-state index contributed by atoms with van der Waals surface area (Å²) in [6, 6.07) is 13.4. The van der Waals surface area contributed by atoms with Gasteiger partial charge in [-0.15, -0.1) is 0 Å². The minimum atomic E-state index is -0.512. The molecule has 2 aliphatic heterocycles. The minimum absolute atomic E-state index is 0.113. The Bertz CT molecular complexity index is 1150. The Labute approximate surface area is 192 Å². The lowest BCUT2D eigenvalue weighted by Crippen LogP contribution is -2.43. The van der Waals surface area contributed by atoms with Crippen molar-refractivity contribution in [3.8, 4) is 28.7 Å². The molecule has 8 heteroatoms. The Morgan fingerprint density at radius 1 is 0.970 bits per heavy atom. The smallest absolute Gasteiger partial charge is 0.203 e. The van der Waals surface area contributed by atoms with E-state index in [0.29, 0.717) is 35.4 Å². The highest BCUT2D eigenvalue weighted by Crippen LogP contribution is 2.51. The van der Waals surface area contributed by atoms with Crippen LogP contribution in [0, 0.1) is 0 Å². The second-order valence-corrected chi connectivity index (χ2v) is 7.56. The van der Waals surface area contributed by atoms with E-state index in [1.165, 1.54) is 0 Å². The molecule has 0 fully saturated rings. The van der Waals surface area contributed by atoms with Gasteiger partial charge in [-0.05, 0) is 43.3 Å². The summed E-state index contributed by atoms with van der Waals surface area (Å²) in [6.45, 7) is 2.49. The van der Waals surface area contributed by atoms with Crippen molar-refractivity contribution in [3.63, 3.8) is 0 Å². The first-order valence-electron chi connectivity index (χ1n) is 10.7. The van der Waals surface area contributed by atoms with Crippen LogP contribution in [0.15, 0.2) is 59.2 Å². The highest BCUT2D eigenvalue weighted by molar-refractivity contribution is 5.65. The molecule has 3 aromatic rings. The van der Waals surface area contributed by atoms with Gasteiger partial charge in [-0.25, -0.2) is 0 Å². The number of hydrogen-bond donors (Lipinski definition) is 1. The van der Waals surface area contributed by atoms with E-state index in [0.717, 1.165) is 22.6 Å². The molecule has 3 heterocycles. The van der Waals surface area contributed by atoms with Crippen LogP contribution < -0.4 is 29.1 Å². The lowest BCUT2D eigenvalue weighted by atomic mass is 10.0. The second kappa shape index (κ2) is 8.63. The topological polar surface area (TPSA) is 74.6 Å². The van der Waals surface area contributed by atoms with E-state index in [9.17, 15) is 0 Å². The van der Waals surface area contributed by atoms with Gasteiger partial charge in [-0.3, -0.25) is 0 Å². The number of benzene rings is 2. The average molecular weight is 450 g/mol. The molecule has 2 atom stereocenters. The van der Waals surface area contributed by atoms with Gasteiger partial charge in [0.1, 0.15) is 0 Å². The molecule has 2 aliphatic rings. The Hall–Kier alpha value is -3.78. The van der Waals surface area contributed by atoms with Crippen LogP contribution >= 0.6 is 0 Å². The van der Waals surface area contributed by atoms with E-state index in [1.807, 2.05) is 54.4 Å². The van der Waals surface area contributed by atoms with Gasteiger partial charge in [-0.1, -0.05) is 12.1 Å². The van der Waals surface area contributed by atoms with Crippen LogP contribution in [0.4, 0.5) is 0 Å². The summed E-state index contributed by atoms with van der Waals surface area (Å²) >= 11 is 0. The number of rotatable bonds is 7. The third-order valence-electron chi connectivity index (χ3n) is 5.74. The number of nitrogens with zero attached hydrogens (tertiary/aromatic N) is 1. The fourth-order valence-corrected chi connectivity index (χ4v) is 4.30. The predicted octanol–water partition coefficient (Wildman–Crippen LogP) is 4.70. The molecule has 1 aromatic heterocycles. The van der Waals surface area contributed by atoms with Crippen LogP contribution in [-0.4, -0.2) is 32.9 Å². The van der Waals surface area contributed by atoms with Crippen molar-refractivity contribution < 1.29 is 28.1 Å². The normalized spacial score (nSPS) is 19.0. The monoisotopic (exact) mass is 450 g/mol. The zero-order valence-electron chi connectivity index (χ0n) is 19.0. The summed E-state index contributed by atoms with van der Waals surface area (Å²) in [7, 11) is 4.77. The lowest BCUT2D eigenvalue weighted by molar-refractivity contribution is -0.0349. The Kier molecular flexibility index (Phi) is 5.51. The first-order chi connectivity index (χ1) is 16.2. The van der Waals surface area contributed by atoms with Crippen LogP contribution in [0.3, 0.4) is 0 Å². The van der Waals surface area contributed by atoms with Gasteiger partial charge >= 0.3 is 0 Å². The van der Waals surface area contributed by atoms with Crippen molar-refractivity contribution in [1.82, 2.24) is 10.4 Å². The van der Waals surface area contributed by atoms with Crippen molar-refractivity contribution in [1.29, 1.82) is 0 Å². The first-order valence-corrected chi connectivity index (χ1v) is 10.7. The maximum Gasteiger partial charge on any atom is 0.203 e. The number of hydrogen-bond acceptors (Lipinski definition) is 8. The number of para-hydroxylation sites is 1. The molecule has 0 radical (unpaired) electrons. The van der Waals surface area contributed by atoms with Gasteiger partial charge in [0.05, 0.1) is 45.9 Å². The van der Waals surface area contributed by atoms with E-state index < -0.39 is 6.23 Å². The number of ether oxygens (including phenoxy) is 5. The molecular formula is C25H26N2O6. The standard InChI is InChI=1S/C25H26N2O6/c1-5-31-20-9-6-8-16-18-14-17(19-10-7-11-32-19)26-27(18)25(33-23(16)20)15-12-21(28-2)24(30-4)22(13-15)29-3/h6-14,18,25-26H,5H2,1-4H3. The molecule has 0 aliphatic carbocycles. The number of nitrogens with one attached hydrogen (secondary N) is 1. The van der Waals surface area contributed by atoms with Crippen LogP contribution in [-0.2, 0) is 0 Å². The van der Waals surface area contributed by atoms with Gasteiger partial charge in [-0.2, -0.15) is 5.01 Å². The van der Waals surface area contributed by atoms with E-state index in [1.54, 1.807) is 27.6 Å². The summed E-state index contributed by atoms with van der Waals surface area (Å²) in [4.78, 5) is 0. The van der Waals surface area contributed by atoms with Crippen LogP contribution in [0.1, 0.15) is 36.1 Å². The summed E-state index contributed by atoms with van der Waals surface area (Å²) in [5.41, 5.74) is 6.15. The van der Waals surface area contributed by atoms with E-state index in [-0.39, 0.29) is 6.04 Å². The Balaban J connectivity index is 1.64. The van der Waals surface area contributed by atoms with Crippen LogP contribution in [0.2, 0.25) is 0 Å². The molecule has 0 bridgehead atoms. The highest BCUT2D eigenvalue weighted by Gasteiger charge is 2.42. The second-order valence-electron chi connectivity index (χ2n) is 7.56. The molecule has 8 nitrogen and oxygen atoms in total. The maximum absolute atomic E-state index is 6.58. The number of furan rings is 1. The van der Waals surface area contributed by atoms with Gasteiger partial charge in [0.2, 0.25) is 5.75 Å². The van der Waals surface area contributed by atoms with Crippen molar-refractivity contribution in [3.05, 3.63) is 71.7 Å². The third kappa shape index (κ3) is 3.52. The number of fused-ring (bicyclic) bond motifs is 3. The van der Waals surface area contributed by atoms with Crippen molar-refractivity contribution in [2.45, 2.75) is 19.2 Å². The summed E-state index contributed by atoms with van der Waals surface area (Å²) < 4.78 is 34.8. The fourth-order valence-electron chi connectivity index (χ4n) is 4.30. The highest BCUT2D eigenvalue weighted by atomic mass is 16.5. The van der Waals surface area contributed by atoms with Gasteiger partial charge in [0.15, 0.2) is 35.0 Å². The SMILES string of the molecule is CCOc1cccc2c1OC(c1cc(OC)c(OC)c(OC)c1)N1NC(c3ccco3)=CC21. The van der Waals surface area contributed by atoms with Crippen LogP contribution in [0.25, 0.3) is 5.70 Å². The van der Waals surface area contributed by atoms with Gasteiger partial charge in [0.25, 0.3) is 0 Å². The van der Waals surface area contributed by atoms with Crippen LogP contribution in [0.5, 0.6) is 28.7 Å². The average Bonchev–Trinajstić information content (AvgIpc) is 3.53. The van der Waals surface area contributed by atoms with Crippen molar-refractivity contribution >= 4 is 5.70 Å². The number of methoxy groups -OCH3 is 3. The molecule has 0 amide bonds. The maximum atomic E-state index is 6.58. The van der Waals surface area contributed by atoms with E-state index in [2.05, 4.69) is 11.5 Å². The predicted molar refractivity (Wildman–Crippen MR) is 121 cm³/mol. The molecule has 2 aromatic carbocycles.